The first-order valence-electron chi connectivity index (χ1n) is 7.01. The van der Waals surface area contributed by atoms with E-state index in [4.69, 9.17) is 32.7 Å². The van der Waals surface area contributed by atoms with E-state index in [1.165, 1.54) is 0 Å². The number of benzene rings is 1. The van der Waals surface area contributed by atoms with Crippen LogP contribution in [0.3, 0.4) is 0 Å². The summed E-state index contributed by atoms with van der Waals surface area (Å²) in [5.74, 6) is 0.248. The molecule has 0 radical (unpaired) electrons. The maximum Gasteiger partial charge on any atom is 0.261 e. The zero-order chi connectivity index (χ0) is 15.4. The largest absolute Gasteiger partial charge is 0.479 e. The van der Waals surface area contributed by atoms with Crippen molar-refractivity contribution < 1.29 is 14.3 Å². The predicted molar refractivity (Wildman–Crippen MR) is 83.1 cm³/mol. The Balaban J connectivity index is 1.89. The molecule has 0 aliphatic carbocycles. The number of ether oxygens (including phenoxy) is 2. The molecular formula is C15H19Cl2NO3. The van der Waals surface area contributed by atoms with Crippen LogP contribution in [0.5, 0.6) is 5.75 Å². The molecule has 2 rings (SSSR count). The lowest BCUT2D eigenvalue weighted by Crippen LogP contribution is -2.46. The van der Waals surface area contributed by atoms with Gasteiger partial charge in [0.1, 0.15) is 5.75 Å². The number of carbonyl (C=O) groups excluding carboxylic acids is 1. The van der Waals surface area contributed by atoms with E-state index >= 15 is 0 Å². The molecule has 1 aliphatic rings. The molecule has 1 saturated heterocycles. The Morgan fingerprint density at radius 2 is 2.19 bits per heavy atom. The van der Waals surface area contributed by atoms with Crippen molar-refractivity contribution in [1.82, 2.24) is 5.32 Å². The molecule has 1 N–H and O–H groups in total. The van der Waals surface area contributed by atoms with E-state index in [0.29, 0.717) is 15.8 Å². The van der Waals surface area contributed by atoms with Gasteiger partial charge in [-0.2, -0.15) is 0 Å². The van der Waals surface area contributed by atoms with E-state index in [1.54, 1.807) is 25.1 Å². The molecular weight excluding hydrogens is 313 g/mol. The van der Waals surface area contributed by atoms with Gasteiger partial charge in [0.25, 0.3) is 5.91 Å². The second-order valence-electron chi connectivity index (χ2n) is 5.18. The highest BCUT2D eigenvalue weighted by atomic mass is 35.5. The van der Waals surface area contributed by atoms with Crippen LogP contribution in [-0.4, -0.2) is 30.8 Å². The van der Waals surface area contributed by atoms with Crippen molar-refractivity contribution in [3.8, 4) is 5.75 Å². The topological polar surface area (TPSA) is 47.6 Å². The summed E-state index contributed by atoms with van der Waals surface area (Å²) in [6.07, 6.45) is 1.45. The van der Waals surface area contributed by atoms with E-state index in [0.717, 1.165) is 19.4 Å². The minimum atomic E-state index is -0.646. The third-order valence-corrected chi connectivity index (χ3v) is 3.99. The molecule has 1 amide bonds. The SMILES string of the molecule is C[C@H](NC(=O)[C@@H](C)Oc1ccc(Cl)cc1Cl)[C@@H]1CCCO1. The molecule has 3 atom stereocenters. The van der Waals surface area contributed by atoms with Gasteiger partial charge < -0.3 is 14.8 Å². The van der Waals surface area contributed by atoms with Crippen LogP contribution >= 0.6 is 23.2 Å². The number of halogens is 2. The van der Waals surface area contributed by atoms with Gasteiger partial charge in [-0.15, -0.1) is 0 Å². The average molecular weight is 332 g/mol. The van der Waals surface area contributed by atoms with Crippen LogP contribution in [0.2, 0.25) is 10.0 Å². The smallest absolute Gasteiger partial charge is 0.261 e. The molecule has 0 saturated carbocycles. The summed E-state index contributed by atoms with van der Waals surface area (Å²) in [6.45, 7) is 4.38. The lowest BCUT2D eigenvalue weighted by Gasteiger charge is -2.22. The molecule has 0 unspecified atom stereocenters. The maximum absolute atomic E-state index is 12.1. The van der Waals surface area contributed by atoms with Gasteiger partial charge in [0.05, 0.1) is 17.2 Å². The molecule has 0 aromatic heterocycles. The lowest BCUT2D eigenvalue weighted by atomic mass is 10.1. The Morgan fingerprint density at radius 1 is 1.43 bits per heavy atom. The van der Waals surface area contributed by atoms with Gasteiger partial charge in [-0.3, -0.25) is 4.79 Å². The summed E-state index contributed by atoms with van der Waals surface area (Å²) < 4.78 is 11.1. The van der Waals surface area contributed by atoms with Crippen LogP contribution in [0.1, 0.15) is 26.7 Å². The van der Waals surface area contributed by atoms with E-state index in [1.807, 2.05) is 6.92 Å². The van der Waals surface area contributed by atoms with Crippen molar-refractivity contribution >= 4 is 29.1 Å². The van der Waals surface area contributed by atoms with Crippen molar-refractivity contribution in [3.63, 3.8) is 0 Å². The van der Waals surface area contributed by atoms with Crippen LogP contribution in [0.25, 0.3) is 0 Å². The van der Waals surface area contributed by atoms with Crippen LogP contribution in [0.15, 0.2) is 18.2 Å². The summed E-state index contributed by atoms with van der Waals surface area (Å²) in [5, 5.41) is 3.82. The Hall–Kier alpha value is -0.970. The second-order valence-corrected chi connectivity index (χ2v) is 6.03. The zero-order valence-corrected chi connectivity index (χ0v) is 13.6. The van der Waals surface area contributed by atoms with Gasteiger partial charge in [0, 0.05) is 11.6 Å². The Kier molecular flexibility index (Phi) is 5.73. The Labute approximate surface area is 134 Å². The number of carbonyl (C=O) groups is 1. The van der Waals surface area contributed by atoms with Gasteiger partial charge in [-0.25, -0.2) is 0 Å². The average Bonchev–Trinajstić information content (AvgIpc) is 2.95. The lowest BCUT2D eigenvalue weighted by molar-refractivity contribution is -0.128. The number of hydrogen-bond acceptors (Lipinski definition) is 3. The van der Waals surface area contributed by atoms with Gasteiger partial charge >= 0.3 is 0 Å². The summed E-state index contributed by atoms with van der Waals surface area (Å²) in [5.41, 5.74) is 0. The van der Waals surface area contributed by atoms with E-state index in [2.05, 4.69) is 5.32 Å². The monoisotopic (exact) mass is 331 g/mol. The third kappa shape index (κ3) is 4.50. The summed E-state index contributed by atoms with van der Waals surface area (Å²) >= 11 is 11.9. The van der Waals surface area contributed by atoms with Gasteiger partial charge in [0.2, 0.25) is 0 Å². The highest BCUT2D eigenvalue weighted by Gasteiger charge is 2.26. The maximum atomic E-state index is 12.1. The van der Waals surface area contributed by atoms with Gasteiger partial charge in [-0.1, -0.05) is 23.2 Å². The Morgan fingerprint density at radius 3 is 2.81 bits per heavy atom. The number of rotatable bonds is 5. The minimum absolute atomic E-state index is 0.0354. The molecule has 1 fully saturated rings. The summed E-state index contributed by atoms with van der Waals surface area (Å²) in [6, 6.07) is 4.87. The fourth-order valence-electron chi connectivity index (χ4n) is 2.25. The molecule has 116 valence electrons. The molecule has 6 heteroatoms. The van der Waals surface area contributed by atoms with Crippen LogP contribution in [-0.2, 0) is 9.53 Å². The van der Waals surface area contributed by atoms with E-state index in [9.17, 15) is 4.79 Å². The Bertz CT molecular complexity index is 504. The highest BCUT2D eigenvalue weighted by molar-refractivity contribution is 6.35. The van der Waals surface area contributed by atoms with Crippen molar-refractivity contribution in [2.45, 2.75) is 44.9 Å². The minimum Gasteiger partial charge on any atom is -0.479 e. The number of hydrogen-bond donors (Lipinski definition) is 1. The fraction of sp³-hybridized carbons (Fsp3) is 0.533. The third-order valence-electron chi connectivity index (χ3n) is 3.46. The number of amides is 1. The molecule has 0 spiro atoms. The van der Waals surface area contributed by atoms with Gasteiger partial charge in [-0.05, 0) is 44.9 Å². The molecule has 1 aromatic carbocycles. The van der Waals surface area contributed by atoms with E-state index < -0.39 is 6.10 Å². The van der Waals surface area contributed by atoms with Gasteiger partial charge in [0.15, 0.2) is 6.10 Å². The molecule has 1 aliphatic heterocycles. The number of nitrogens with one attached hydrogen (secondary N) is 1. The second kappa shape index (κ2) is 7.34. The first-order valence-corrected chi connectivity index (χ1v) is 7.76. The van der Waals surface area contributed by atoms with Crippen LogP contribution in [0.4, 0.5) is 0 Å². The molecule has 21 heavy (non-hydrogen) atoms. The standard InChI is InChI=1S/C15H19Cl2NO3/c1-9(13-4-3-7-20-13)18-15(19)10(2)21-14-6-5-11(16)8-12(14)17/h5-6,8-10,13H,3-4,7H2,1-2H3,(H,18,19)/t9-,10+,13-/m0/s1. The molecule has 0 bridgehead atoms. The highest BCUT2D eigenvalue weighted by Crippen LogP contribution is 2.28. The molecule has 1 aromatic rings. The molecule has 4 nitrogen and oxygen atoms in total. The van der Waals surface area contributed by atoms with Crippen LogP contribution < -0.4 is 10.1 Å². The molecule has 1 heterocycles. The van der Waals surface area contributed by atoms with Crippen LogP contribution in [0, 0.1) is 0 Å². The fourth-order valence-corrected chi connectivity index (χ4v) is 2.70. The quantitative estimate of drug-likeness (QED) is 0.898. The van der Waals surface area contributed by atoms with Crippen molar-refractivity contribution in [2.75, 3.05) is 6.61 Å². The predicted octanol–water partition coefficient (Wildman–Crippen LogP) is 3.44. The first-order chi connectivity index (χ1) is 9.97. The zero-order valence-electron chi connectivity index (χ0n) is 12.1. The van der Waals surface area contributed by atoms with Crippen molar-refractivity contribution in [3.05, 3.63) is 28.2 Å². The summed E-state index contributed by atoms with van der Waals surface area (Å²) in [4.78, 5) is 12.1. The van der Waals surface area contributed by atoms with Crippen molar-refractivity contribution in [1.29, 1.82) is 0 Å². The first kappa shape index (κ1) is 16.4. The summed E-state index contributed by atoms with van der Waals surface area (Å²) in [7, 11) is 0. The normalized spacial score (nSPS) is 20.9. The van der Waals surface area contributed by atoms with Crippen molar-refractivity contribution in [2.24, 2.45) is 0 Å². The van der Waals surface area contributed by atoms with E-state index in [-0.39, 0.29) is 18.1 Å².